The van der Waals surface area contributed by atoms with Crippen LogP contribution in [0.25, 0.3) is 0 Å². The Morgan fingerprint density at radius 3 is 2.53 bits per heavy atom. The first-order chi connectivity index (χ1) is 14.1. The van der Waals surface area contributed by atoms with E-state index in [9.17, 15) is 23.2 Å². The molecule has 1 aromatic heterocycles. The first-order valence-corrected chi connectivity index (χ1v) is 10.0. The maximum absolute atomic E-state index is 13.4. The lowest BCUT2D eigenvalue weighted by Gasteiger charge is -2.26. The number of anilines is 2. The number of carbonyl (C=O) groups is 1. The molecule has 1 amide bonds. The molecule has 0 spiro atoms. The quantitative estimate of drug-likeness (QED) is 0.649. The molecule has 0 bridgehead atoms. The van der Waals surface area contributed by atoms with E-state index in [2.05, 4.69) is 4.98 Å². The van der Waals surface area contributed by atoms with Gasteiger partial charge in [-0.05, 0) is 36.5 Å². The normalized spacial score (nSPS) is 11.1. The third-order valence-electron chi connectivity index (χ3n) is 4.68. The summed E-state index contributed by atoms with van der Waals surface area (Å²) in [4.78, 5) is 41.2. The van der Waals surface area contributed by atoms with Crippen LogP contribution in [-0.4, -0.2) is 22.0 Å². The molecule has 0 saturated heterocycles. The summed E-state index contributed by atoms with van der Waals surface area (Å²) >= 11 is 0. The largest absolute Gasteiger partial charge is 0.383 e. The van der Waals surface area contributed by atoms with E-state index in [1.807, 2.05) is 20.8 Å². The molecule has 0 aliphatic carbocycles. The Morgan fingerprint density at radius 2 is 1.93 bits per heavy atom. The summed E-state index contributed by atoms with van der Waals surface area (Å²) < 4.78 is 27.8. The zero-order chi connectivity index (χ0) is 22.4. The van der Waals surface area contributed by atoms with Crippen LogP contribution in [0.1, 0.15) is 45.6 Å². The number of hydrogen-bond acceptors (Lipinski definition) is 4. The van der Waals surface area contributed by atoms with Gasteiger partial charge in [-0.3, -0.25) is 19.1 Å². The minimum atomic E-state index is -0.984. The topological polar surface area (TPSA) is 101 Å². The molecule has 0 saturated carbocycles. The summed E-state index contributed by atoms with van der Waals surface area (Å²) in [6, 6.07) is 3.46. The van der Waals surface area contributed by atoms with Crippen LogP contribution in [0.15, 0.2) is 27.8 Å². The van der Waals surface area contributed by atoms with Crippen molar-refractivity contribution in [1.29, 1.82) is 0 Å². The Balaban J connectivity index is 2.36. The third kappa shape index (κ3) is 5.55. The predicted octanol–water partition coefficient (Wildman–Crippen LogP) is 2.82. The summed E-state index contributed by atoms with van der Waals surface area (Å²) in [6.07, 6.45) is 1.63. The van der Waals surface area contributed by atoms with Gasteiger partial charge in [0.2, 0.25) is 5.91 Å². The molecule has 164 valence electrons. The third-order valence-corrected chi connectivity index (χ3v) is 4.68. The number of aromatic nitrogens is 2. The summed E-state index contributed by atoms with van der Waals surface area (Å²) in [5, 5.41) is 0. The second-order valence-corrected chi connectivity index (χ2v) is 7.64. The van der Waals surface area contributed by atoms with Gasteiger partial charge in [0.25, 0.3) is 5.56 Å². The van der Waals surface area contributed by atoms with Gasteiger partial charge in [-0.25, -0.2) is 13.6 Å². The van der Waals surface area contributed by atoms with Crippen LogP contribution in [0.3, 0.4) is 0 Å². The Morgan fingerprint density at radius 1 is 1.23 bits per heavy atom. The molecule has 0 aliphatic heterocycles. The smallest absolute Gasteiger partial charge is 0.330 e. The van der Waals surface area contributed by atoms with Crippen molar-refractivity contribution in [3.63, 3.8) is 0 Å². The van der Waals surface area contributed by atoms with Crippen molar-refractivity contribution in [3.05, 3.63) is 56.2 Å². The Kier molecular flexibility index (Phi) is 7.91. The van der Waals surface area contributed by atoms with Gasteiger partial charge in [0.15, 0.2) is 17.3 Å². The molecular formula is C21H28F2N4O3. The average molecular weight is 422 g/mol. The molecule has 3 N–H and O–H groups in total. The number of nitrogen functional groups attached to an aromatic ring is 1. The van der Waals surface area contributed by atoms with Crippen LogP contribution in [-0.2, 0) is 17.8 Å². The molecule has 0 fully saturated rings. The molecule has 9 heteroatoms. The van der Waals surface area contributed by atoms with Crippen molar-refractivity contribution in [2.45, 2.75) is 53.0 Å². The predicted molar refractivity (Wildman–Crippen MR) is 113 cm³/mol. The van der Waals surface area contributed by atoms with E-state index in [-0.39, 0.29) is 36.8 Å². The second-order valence-electron chi connectivity index (χ2n) is 7.64. The van der Waals surface area contributed by atoms with E-state index in [0.717, 1.165) is 18.6 Å². The maximum Gasteiger partial charge on any atom is 0.330 e. The van der Waals surface area contributed by atoms with E-state index in [0.29, 0.717) is 18.5 Å². The number of unbranched alkanes of at least 4 members (excludes halogenated alkanes) is 1. The molecule has 0 unspecified atom stereocenters. The number of nitrogens with two attached hydrogens (primary N) is 1. The van der Waals surface area contributed by atoms with Crippen molar-refractivity contribution in [2.24, 2.45) is 5.92 Å². The van der Waals surface area contributed by atoms with Crippen LogP contribution in [0.2, 0.25) is 0 Å². The van der Waals surface area contributed by atoms with E-state index in [1.165, 1.54) is 15.5 Å². The number of nitrogens with zero attached hydrogens (tertiary/aromatic N) is 2. The molecule has 1 aromatic carbocycles. The fourth-order valence-electron chi connectivity index (χ4n) is 3.14. The fourth-order valence-corrected chi connectivity index (χ4v) is 3.14. The minimum Gasteiger partial charge on any atom is -0.383 e. The van der Waals surface area contributed by atoms with Crippen LogP contribution < -0.4 is 21.9 Å². The van der Waals surface area contributed by atoms with E-state index >= 15 is 0 Å². The SMILES string of the molecule is CCCCn1c(N)c(N(CC(C)C)C(=O)CCc2ccc(F)c(F)c2)c(=O)[nH]c1=O. The van der Waals surface area contributed by atoms with Crippen LogP contribution in [0.5, 0.6) is 0 Å². The Hall–Kier alpha value is -2.97. The lowest BCUT2D eigenvalue weighted by Crippen LogP contribution is -2.42. The van der Waals surface area contributed by atoms with Gasteiger partial charge in [-0.2, -0.15) is 0 Å². The number of carbonyl (C=O) groups excluding carboxylic acids is 1. The highest BCUT2D eigenvalue weighted by atomic mass is 19.2. The van der Waals surface area contributed by atoms with Gasteiger partial charge in [-0.15, -0.1) is 0 Å². The highest BCUT2D eigenvalue weighted by Crippen LogP contribution is 2.20. The van der Waals surface area contributed by atoms with Crippen molar-refractivity contribution < 1.29 is 13.6 Å². The molecule has 0 aliphatic rings. The number of halogens is 2. The molecule has 0 radical (unpaired) electrons. The molecule has 30 heavy (non-hydrogen) atoms. The summed E-state index contributed by atoms with van der Waals surface area (Å²) in [5.41, 5.74) is 5.19. The number of rotatable bonds is 9. The first-order valence-electron chi connectivity index (χ1n) is 10.0. The number of aryl methyl sites for hydroxylation is 1. The van der Waals surface area contributed by atoms with E-state index in [1.54, 1.807) is 0 Å². The van der Waals surface area contributed by atoms with Gasteiger partial charge in [-0.1, -0.05) is 33.3 Å². The summed E-state index contributed by atoms with van der Waals surface area (Å²) in [7, 11) is 0. The average Bonchev–Trinajstić information content (AvgIpc) is 2.67. The van der Waals surface area contributed by atoms with Crippen molar-refractivity contribution in [3.8, 4) is 0 Å². The maximum atomic E-state index is 13.4. The molecule has 2 rings (SSSR count). The minimum absolute atomic E-state index is 0.0204. The van der Waals surface area contributed by atoms with Gasteiger partial charge < -0.3 is 10.6 Å². The first kappa shape index (κ1) is 23.3. The zero-order valence-electron chi connectivity index (χ0n) is 17.5. The lowest BCUT2D eigenvalue weighted by molar-refractivity contribution is -0.118. The van der Waals surface area contributed by atoms with Crippen LogP contribution in [0.4, 0.5) is 20.3 Å². The number of aromatic amines is 1. The van der Waals surface area contributed by atoms with Gasteiger partial charge >= 0.3 is 5.69 Å². The summed E-state index contributed by atoms with van der Waals surface area (Å²) in [5.74, 6) is -2.37. The van der Waals surface area contributed by atoms with E-state index < -0.39 is 28.8 Å². The van der Waals surface area contributed by atoms with Crippen LogP contribution in [0, 0.1) is 17.6 Å². The highest BCUT2D eigenvalue weighted by Gasteiger charge is 2.24. The van der Waals surface area contributed by atoms with Crippen LogP contribution >= 0.6 is 0 Å². The lowest BCUT2D eigenvalue weighted by atomic mass is 10.1. The summed E-state index contributed by atoms with van der Waals surface area (Å²) in [6.45, 7) is 6.26. The number of nitrogens with one attached hydrogen (secondary N) is 1. The van der Waals surface area contributed by atoms with Gasteiger partial charge in [0, 0.05) is 19.5 Å². The van der Waals surface area contributed by atoms with E-state index in [4.69, 9.17) is 5.73 Å². The number of H-pyrrole nitrogens is 1. The number of benzene rings is 1. The Labute approximate surface area is 173 Å². The van der Waals surface area contributed by atoms with Crippen molar-refractivity contribution >= 4 is 17.4 Å². The molecule has 2 aromatic rings. The second kappa shape index (κ2) is 10.2. The highest BCUT2D eigenvalue weighted by molar-refractivity contribution is 5.95. The zero-order valence-corrected chi connectivity index (χ0v) is 17.5. The van der Waals surface area contributed by atoms with Gasteiger partial charge in [0.1, 0.15) is 5.82 Å². The molecule has 7 nitrogen and oxygen atoms in total. The van der Waals surface area contributed by atoms with Crippen molar-refractivity contribution in [2.75, 3.05) is 17.2 Å². The van der Waals surface area contributed by atoms with Gasteiger partial charge in [0.05, 0.1) is 0 Å². The standard InChI is InChI=1S/C21H28F2N4O3/c1-4-5-10-26-19(24)18(20(29)25-21(26)30)27(12-13(2)3)17(28)9-7-14-6-8-15(22)16(23)11-14/h6,8,11,13H,4-5,7,9-10,12,24H2,1-3H3,(H,25,29,30). The number of amides is 1. The molecule has 0 atom stereocenters. The Bertz CT molecular complexity index is 1010. The van der Waals surface area contributed by atoms with Crippen molar-refractivity contribution in [1.82, 2.24) is 9.55 Å². The monoisotopic (exact) mass is 422 g/mol. The molecular weight excluding hydrogens is 394 g/mol. The molecule has 1 heterocycles. The number of hydrogen-bond donors (Lipinski definition) is 2. The fraction of sp³-hybridized carbons (Fsp3) is 0.476.